The lowest BCUT2D eigenvalue weighted by Gasteiger charge is -2.41. The zero-order valence-corrected chi connectivity index (χ0v) is 11.9. The van der Waals surface area contributed by atoms with Crippen molar-refractivity contribution in [2.45, 2.75) is 37.8 Å². The summed E-state index contributed by atoms with van der Waals surface area (Å²) in [5, 5.41) is 3.34. The number of piperidine rings is 1. The van der Waals surface area contributed by atoms with Gasteiger partial charge in [0.25, 0.3) is 0 Å². The van der Waals surface area contributed by atoms with E-state index in [0.29, 0.717) is 12.1 Å². The second-order valence-electron chi connectivity index (χ2n) is 5.86. The molecular formula is C16H24N2O. The number of fused-ring (bicyclic) bond motifs is 2. The van der Waals surface area contributed by atoms with Crippen molar-refractivity contribution in [3.05, 3.63) is 24.3 Å². The summed E-state index contributed by atoms with van der Waals surface area (Å²) in [6.07, 6.45) is 5.30. The summed E-state index contributed by atoms with van der Waals surface area (Å²) in [6.45, 7) is 1.16. The van der Waals surface area contributed by atoms with Crippen LogP contribution in [-0.2, 0) is 0 Å². The molecule has 19 heavy (non-hydrogen) atoms. The third kappa shape index (κ3) is 2.32. The highest BCUT2D eigenvalue weighted by Crippen LogP contribution is 2.44. The summed E-state index contributed by atoms with van der Waals surface area (Å²) in [6, 6.07) is 9.87. The van der Waals surface area contributed by atoms with Crippen molar-refractivity contribution in [3.8, 4) is 5.75 Å². The predicted octanol–water partition coefficient (Wildman–Crippen LogP) is 2.66. The third-order valence-corrected chi connectivity index (χ3v) is 4.69. The Morgan fingerprint density at radius 1 is 1.21 bits per heavy atom. The average molecular weight is 260 g/mol. The molecule has 0 aliphatic carbocycles. The minimum Gasteiger partial charge on any atom is -0.495 e. The predicted molar refractivity (Wildman–Crippen MR) is 78.9 cm³/mol. The summed E-state index contributed by atoms with van der Waals surface area (Å²) < 4.78 is 5.54. The molecule has 2 fully saturated rings. The van der Waals surface area contributed by atoms with Crippen molar-refractivity contribution < 1.29 is 4.74 Å². The van der Waals surface area contributed by atoms with E-state index in [0.717, 1.165) is 18.2 Å². The smallest absolute Gasteiger partial charge is 0.142 e. The second-order valence-corrected chi connectivity index (χ2v) is 5.86. The lowest BCUT2D eigenvalue weighted by atomic mass is 9.90. The summed E-state index contributed by atoms with van der Waals surface area (Å²) in [7, 11) is 3.84. The van der Waals surface area contributed by atoms with Gasteiger partial charge in [-0.1, -0.05) is 12.1 Å². The van der Waals surface area contributed by atoms with Gasteiger partial charge in [-0.05, 0) is 57.3 Å². The normalized spacial score (nSPS) is 29.6. The molecular weight excluding hydrogens is 236 g/mol. The zero-order chi connectivity index (χ0) is 13.2. The number of ether oxygens (including phenoxy) is 1. The van der Waals surface area contributed by atoms with Gasteiger partial charge in [-0.15, -0.1) is 0 Å². The summed E-state index contributed by atoms with van der Waals surface area (Å²) in [4.78, 5) is 2.63. The van der Waals surface area contributed by atoms with E-state index in [-0.39, 0.29) is 0 Å². The minimum absolute atomic E-state index is 0.702. The third-order valence-electron chi connectivity index (χ3n) is 4.69. The maximum absolute atomic E-state index is 5.54. The van der Waals surface area contributed by atoms with E-state index in [1.807, 2.05) is 0 Å². The van der Waals surface area contributed by atoms with Crippen molar-refractivity contribution in [1.82, 2.24) is 5.32 Å². The first kappa shape index (κ1) is 12.8. The molecule has 0 aromatic heterocycles. The van der Waals surface area contributed by atoms with Crippen molar-refractivity contribution in [2.75, 3.05) is 25.6 Å². The van der Waals surface area contributed by atoms with Crippen LogP contribution in [0.5, 0.6) is 5.75 Å². The highest BCUT2D eigenvalue weighted by molar-refractivity contribution is 5.61. The van der Waals surface area contributed by atoms with Crippen LogP contribution in [0.1, 0.15) is 25.7 Å². The van der Waals surface area contributed by atoms with Crippen molar-refractivity contribution in [1.29, 1.82) is 0 Å². The fourth-order valence-electron chi connectivity index (χ4n) is 3.98. The van der Waals surface area contributed by atoms with E-state index in [1.165, 1.54) is 31.4 Å². The van der Waals surface area contributed by atoms with Gasteiger partial charge in [-0.2, -0.15) is 0 Å². The first-order valence-corrected chi connectivity index (χ1v) is 7.39. The maximum atomic E-state index is 5.54. The first-order valence-electron chi connectivity index (χ1n) is 7.39. The van der Waals surface area contributed by atoms with E-state index < -0.39 is 0 Å². The lowest BCUT2D eigenvalue weighted by molar-refractivity contribution is 0.328. The molecule has 2 bridgehead atoms. The van der Waals surface area contributed by atoms with Gasteiger partial charge in [0.2, 0.25) is 0 Å². The number of rotatable bonds is 4. The van der Waals surface area contributed by atoms with Crippen LogP contribution in [0, 0.1) is 5.92 Å². The Hall–Kier alpha value is -1.22. The fraction of sp³-hybridized carbons (Fsp3) is 0.625. The number of nitrogens with zero attached hydrogens (tertiary/aromatic N) is 1. The summed E-state index contributed by atoms with van der Waals surface area (Å²) in [5.41, 5.74) is 1.29. The molecule has 1 aromatic carbocycles. The summed E-state index contributed by atoms with van der Waals surface area (Å²) in [5.74, 6) is 1.86. The van der Waals surface area contributed by atoms with Gasteiger partial charge in [-0.3, -0.25) is 0 Å². The maximum Gasteiger partial charge on any atom is 0.142 e. The Morgan fingerprint density at radius 2 is 1.89 bits per heavy atom. The average Bonchev–Trinajstić information content (AvgIpc) is 2.70. The van der Waals surface area contributed by atoms with Crippen molar-refractivity contribution in [3.63, 3.8) is 0 Å². The Morgan fingerprint density at radius 3 is 2.53 bits per heavy atom. The molecule has 2 heterocycles. The minimum atomic E-state index is 0.702. The van der Waals surface area contributed by atoms with Crippen molar-refractivity contribution >= 4 is 5.69 Å². The molecule has 0 saturated carbocycles. The molecule has 3 nitrogen and oxygen atoms in total. The molecule has 2 aliphatic heterocycles. The topological polar surface area (TPSA) is 24.5 Å². The first-order chi connectivity index (χ1) is 9.33. The molecule has 1 N–H and O–H groups in total. The van der Waals surface area contributed by atoms with E-state index >= 15 is 0 Å². The van der Waals surface area contributed by atoms with Crippen LogP contribution in [0.4, 0.5) is 5.69 Å². The molecule has 2 saturated heterocycles. The molecule has 104 valence electrons. The SMILES string of the molecule is CNCC1CC2CCC(C1)N2c1ccccc1OC. The number of nitrogens with one attached hydrogen (secondary N) is 1. The zero-order valence-electron chi connectivity index (χ0n) is 11.9. The van der Waals surface area contributed by atoms with Crippen LogP contribution in [0.25, 0.3) is 0 Å². The van der Waals surface area contributed by atoms with Crippen LogP contribution < -0.4 is 15.0 Å². The summed E-state index contributed by atoms with van der Waals surface area (Å²) >= 11 is 0. The lowest BCUT2D eigenvalue weighted by Crippen LogP contribution is -2.45. The van der Waals surface area contributed by atoms with Crippen LogP contribution in [0.2, 0.25) is 0 Å². The number of benzene rings is 1. The van der Waals surface area contributed by atoms with Gasteiger partial charge in [0, 0.05) is 12.1 Å². The highest BCUT2D eigenvalue weighted by atomic mass is 16.5. The van der Waals surface area contributed by atoms with Gasteiger partial charge in [-0.25, -0.2) is 0 Å². The Kier molecular flexibility index (Phi) is 3.65. The number of para-hydroxylation sites is 2. The fourth-order valence-corrected chi connectivity index (χ4v) is 3.98. The molecule has 2 atom stereocenters. The molecule has 3 rings (SSSR count). The number of methoxy groups -OCH3 is 1. The van der Waals surface area contributed by atoms with Crippen LogP contribution in [-0.4, -0.2) is 32.8 Å². The van der Waals surface area contributed by atoms with Crippen LogP contribution in [0.15, 0.2) is 24.3 Å². The monoisotopic (exact) mass is 260 g/mol. The molecule has 0 spiro atoms. The highest BCUT2D eigenvalue weighted by Gasteiger charge is 2.41. The van der Waals surface area contributed by atoms with E-state index in [1.54, 1.807) is 7.11 Å². The second kappa shape index (κ2) is 5.41. The van der Waals surface area contributed by atoms with Crippen LogP contribution in [0.3, 0.4) is 0 Å². The Bertz CT molecular complexity index is 421. The van der Waals surface area contributed by atoms with Gasteiger partial charge < -0.3 is 15.0 Å². The number of hydrogen-bond acceptors (Lipinski definition) is 3. The molecule has 3 heteroatoms. The largest absolute Gasteiger partial charge is 0.495 e. The van der Waals surface area contributed by atoms with Gasteiger partial charge in [0.15, 0.2) is 0 Å². The van der Waals surface area contributed by atoms with E-state index in [2.05, 4.69) is 41.5 Å². The Labute approximate surface area is 115 Å². The van der Waals surface area contributed by atoms with Gasteiger partial charge in [0.1, 0.15) is 5.75 Å². The van der Waals surface area contributed by atoms with Gasteiger partial charge in [0.05, 0.1) is 12.8 Å². The molecule has 1 aromatic rings. The van der Waals surface area contributed by atoms with E-state index in [9.17, 15) is 0 Å². The number of hydrogen-bond donors (Lipinski definition) is 1. The van der Waals surface area contributed by atoms with E-state index in [4.69, 9.17) is 4.74 Å². The molecule has 0 amide bonds. The quantitative estimate of drug-likeness (QED) is 0.901. The van der Waals surface area contributed by atoms with Crippen molar-refractivity contribution in [2.24, 2.45) is 5.92 Å². The van der Waals surface area contributed by atoms with Crippen LogP contribution >= 0.6 is 0 Å². The molecule has 2 unspecified atom stereocenters. The number of anilines is 1. The standard InChI is InChI=1S/C16H24N2O/c1-17-11-12-9-13-7-8-14(10-12)18(13)15-5-3-4-6-16(15)19-2/h3-6,12-14,17H,7-11H2,1-2H3. The van der Waals surface area contributed by atoms with Gasteiger partial charge >= 0.3 is 0 Å². The molecule has 2 aliphatic rings. The molecule has 0 radical (unpaired) electrons. The Balaban J connectivity index is 1.83.